The van der Waals surface area contributed by atoms with Crippen molar-refractivity contribution in [1.82, 2.24) is 9.97 Å². The molecule has 0 fully saturated rings. The second-order valence-corrected chi connectivity index (χ2v) is 2.81. The molecule has 0 aliphatic carbocycles. The number of nitrogen functional groups attached to an aromatic ring is 1. The number of nitrogens with two attached hydrogens (primary N) is 1. The van der Waals surface area contributed by atoms with Gasteiger partial charge in [-0.25, -0.2) is 0 Å². The van der Waals surface area contributed by atoms with Gasteiger partial charge in [-0.05, 0) is 36.8 Å². The highest BCUT2D eigenvalue weighted by Crippen LogP contribution is 1.92. The smallest absolute Gasteiger partial charge is 0.0344 e. The third-order valence-corrected chi connectivity index (χ3v) is 1.55. The first-order valence-corrected chi connectivity index (χ1v) is 4.31. The van der Waals surface area contributed by atoms with Gasteiger partial charge in [0.15, 0.2) is 0 Å². The van der Waals surface area contributed by atoms with Crippen LogP contribution in [0.1, 0.15) is 5.56 Å². The van der Waals surface area contributed by atoms with E-state index < -0.39 is 0 Å². The van der Waals surface area contributed by atoms with Crippen LogP contribution in [0.3, 0.4) is 0 Å². The molecule has 0 bridgehead atoms. The molecule has 2 aromatic rings. The van der Waals surface area contributed by atoms with Gasteiger partial charge >= 0.3 is 0 Å². The van der Waals surface area contributed by atoms with Crippen LogP contribution in [0, 0.1) is 6.92 Å². The summed E-state index contributed by atoms with van der Waals surface area (Å²) in [5.41, 5.74) is 7.34. The van der Waals surface area contributed by atoms with E-state index >= 15 is 0 Å². The maximum atomic E-state index is 5.32. The highest BCUT2D eigenvalue weighted by atomic mass is 14.6. The fourth-order valence-electron chi connectivity index (χ4n) is 0.790. The van der Waals surface area contributed by atoms with Gasteiger partial charge in [-0.3, -0.25) is 9.97 Å². The van der Waals surface area contributed by atoms with E-state index in [0.717, 1.165) is 5.69 Å². The summed E-state index contributed by atoms with van der Waals surface area (Å²) in [6, 6.07) is 7.44. The second kappa shape index (κ2) is 5.70. The summed E-state index contributed by atoms with van der Waals surface area (Å²) in [7, 11) is 0. The van der Waals surface area contributed by atoms with Crippen molar-refractivity contribution in [2.45, 2.75) is 6.92 Å². The summed E-state index contributed by atoms with van der Waals surface area (Å²) in [6.07, 6.45) is 6.90. The van der Waals surface area contributed by atoms with Gasteiger partial charge in [-0.15, -0.1) is 0 Å². The van der Waals surface area contributed by atoms with Crippen LogP contribution >= 0.6 is 0 Å². The van der Waals surface area contributed by atoms with Crippen LogP contribution in [0.4, 0.5) is 5.69 Å². The van der Waals surface area contributed by atoms with Crippen LogP contribution in [0.15, 0.2) is 49.1 Å². The number of aryl methyl sites for hydroxylation is 1. The molecule has 2 heterocycles. The summed E-state index contributed by atoms with van der Waals surface area (Å²) in [5.74, 6) is 0. The van der Waals surface area contributed by atoms with Crippen LogP contribution in [-0.4, -0.2) is 9.97 Å². The number of nitrogens with zero attached hydrogens (tertiary/aromatic N) is 2. The van der Waals surface area contributed by atoms with E-state index in [0.29, 0.717) is 0 Å². The molecule has 3 heteroatoms. The van der Waals surface area contributed by atoms with E-state index in [4.69, 9.17) is 5.73 Å². The van der Waals surface area contributed by atoms with E-state index in [2.05, 4.69) is 9.97 Å². The molecule has 2 N–H and O–H groups in total. The first-order valence-electron chi connectivity index (χ1n) is 4.31. The van der Waals surface area contributed by atoms with E-state index in [1.807, 2.05) is 19.1 Å². The zero-order chi connectivity index (χ0) is 10.2. The fraction of sp³-hybridized carbons (Fsp3) is 0.0909. The van der Waals surface area contributed by atoms with Gasteiger partial charge in [0.25, 0.3) is 0 Å². The molecule has 0 aliphatic heterocycles. The third-order valence-electron chi connectivity index (χ3n) is 1.55. The van der Waals surface area contributed by atoms with Crippen LogP contribution in [0.5, 0.6) is 0 Å². The van der Waals surface area contributed by atoms with Crippen LogP contribution < -0.4 is 5.73 Å². The van der Waals surface area contributed by atoms with Crippen molar-refractivity contribution in [1.29, 1.82) is 0 Å². The number of anilines is 1. The summed E-state index contributed by atoms with van der Waals surface area (Å²) >= 11 is 0. The van der Waals surface area contributed by atoms with Crippen molar-refractivity contribution in [3.05, 3.63) is 54.6 Å². The van der Waals surface area contributed by atoms with Crippen LogP contribution in [-0.2, 0) is 0 Å². The summed E-state index contributed by atoms with van der Waals surface area (Å²) in [5, 5.41) is 0. The minimum absolute atomic E-state index is 0.759. The molecule has 0 spiro atoms. The normalized spacial score (nSPS) is 8.64. The monoisotopic (exact) mass is 187 g/mol. The van der Waals surface area contributed by atoms with Gasteiger partial charge in [-0.1, -0.05) is 0 Å². The number of hydrogen-bond donors (Lipinski definition) is 1. The molecule has 2 rings (SSSR count). The average Bonchev–Trinajstić information content (AvgIpc) is 2.21. The summed E-state index contributed by atoms with van der Waals surface area (Å²) < 4.78 is 0. The van der Waals surface area contributed by atoms with E-state index in [9.17, 15) is 0 Å². The van der Waals surface area contributed by atoms with Gasteiger partial charge in [0.1, 0.15) is 0 Å². The van der Waals surface area contributed by atoms with Crippen molar-refractivity contribution < 1.29 is 0 Å². The molecule has 0 amide bonds. The Bertz CT molecular complexity index is 308. The molecule has 0 aliphatic rings. The molecule has 0 radical (unpaired) electrons. The van der Waals surface area contributed by atoms with Gasteiger partial charge in [0.05, 0.1) is 0 Å². The topological polar surface area (TPSA) is 51.8 Å². The Morgan fingerprint density at radius 2 is 1.29 bits per heavy atom. The zero-order valence-electron chi connectivity index (χ0n) is 8.09. The van der Waals surface area contributed by atoms with E-state index in [-0.39, 0.29) is 0 Å². The molecule has 3 nitrogen and oxygen atoms in total. The number of aromatic nitrogens is 2. The standard InChI is InChI=1S/C6H7N.C5H6N2/c1-6-2-4-7-5-3-6;6-5-1-3-7-4-2-5/h2-5H,1H3;1-4H,(H2,6,7). The Balaban J connectivity index is 0.000000140. The Morgan fingerprint density at radius 1 is 0.857 bits per heavy atom. The molecular formula is C11H13N3. The molecule has 72 valence electrons. The molecule has 0 unspecified atom stereocenters. The SMILES string of the molecule is Cc1ccncc1.Nc1ccncc1. The molecule has 14 heavy (non-hydrogen) atoms. The van der Waals surface area contributed by atoms with Crippen molar-refractivity contribution >= 4 is 5.69 Å². The third kappa shape index (κ3) is 4.21. The Kier molecular flexibility index (Phi) is 4.14. The van der Waals surface area contributed by atoms with Crippen molar-refractivity contribution in [3.63, 3.8) is 0 Å². The molecule has 0 aromatic carbocycles. The minimum atomic E-state index is 0.759. The van der Waals surface area contributed by atoms with Crippen LogP contribution in [0.2, 0.25) is 0 Å². The van der Waals surface area contributed by atoms with Gasteiger partial charge in [-0.2, -0.15) is 0 Å². The van der Waals surface area contributed by atoms with E-state index in [1.165, 1.54) is 5.56 Å². The van der Waals surface area contributed by atoms with Gasteiger partial charge < -0.3 is 5.73 Å². The molecular weight excluding hydrogens is 174 g/mol. The quantitative estimate of drug-likeness (QED) is 0.686. The molecule has 0 atom stereocenters. The lowest BCUT2D eigenvalue weighted by molar-refractivity contribution is 1.29. The highest BCUT2D eigenvalue weighted by molar-refractivity contribution is 5.33. The second-order valence-electron chi connectivity index (χ2n) is 2.81. The Morgan fingerprint density at radius 3 is 1.50 bits per heavy atom. The van der Waals surface area contributed by atoms with Gasteiger partial charge in [0.2, 0.25) is 0 Å². The number of hydrogen-bond acceptors (Lipinski definition) is 3. The summed E-state index contributed by atoms with van der Waals surface area (Å²) in [6.45, 7) is 2.04. The first-order chi connectivity index (χ1) is 6.79. The van der Waals surface area contributed by atoms with Crippen molar-refractivity contribution in [3.8, 4) is 0 Å². The zero-order valence-corrected chi connectivity index (χ0v) is 8.09. The molecule has 2 aromatic heterocycles. The maximum Gasteiger partial charge on any atom is 0.0344 e. The number of rotatable bonds is 0. The maximum absolute atomic E-state index is 5.32. The molecule has 0 saturated carbocycles. The lowest BCUT2D eigenvalue weighted by Gasteiger charge is -1.83. The fourth-order valence-corrected chi connectivity index (χ4v) is 0.790. The van der Waals surface area contributed by atoms with Crippen molar-refractivity contribution in [2.24, 2.45) is 0 Å². The van der Waals surface area contributed by atoms with Crippen molar-refractivity contribution in [2.75, 3.05) is 5.73 Å². The van der Waals surface area contributed by atoms with E-state index in [1.54, 1.807) is 36.9 Å². The minimum Gasteiger partial charge on any atom is -0.399 e. The average molecular weight is 187 g/mol. The first kappa shape index (κ1) is 10.2. The predicted octanol–water partition coefficient (Wildman–Crippen LogP) is 2.05. The lowest BCUT2D eigenvalue weighted by Crippen LogP contribution is -1.81. The van der Waals surface area contributed by atoms with Gasteiger partial charge in [0, 0.05) is 30.5 Å². The Labute approximate surface area is 83.6 Å². The Hall–Kier alpha value is -1.90. The van der Waals surface area contributed by atoms with Crippen LogP contribution in [0.25, 0.3) is 0 Å². The molecule has 0 saturated heterocycles. The number of pyridine rings is 2. The lowest BCUT2D eigenvalue weighted by atomic mass is 10.3. The summed E-state index contributed by atoms with van der Waals surface area (Å²) in [4.78, 5) is 7.61. The predicted molar refractivity (Wildman–Crippen MR) is 57.6 cm³/mol. The highest BCUT2D eigenvalue weighted by Gasteiger charge is 1.73. The largest absolute Gasteiger partial charge is 0.399 e.